The van der Waals surface area contributed by atoms with Gasteiger partial charge in [0.25, 0.3) is 0 Å². The van der Waals surface area contributed by atoms with Crippen LogP contribution in [0.5, 0.6) is 0 Å². The summed E-state index contributed by atoms with van der Waals surface area (Å²) in [4.78, 5) is 26.7. The molecule has 10 heteroatoms. The summed E-state index contributed by atoms with van der Waals surface area (Å²) in [7, 11) is 1.35. The summed E-state index contributed by atoms with van der Waals surface area (Å²) in [6.07, 6.45) is 7.74. The largest absolute Gasteiger partial charge is 0.465 e. The Morgan fingerprint density at radius 2 is 1.86 bits per heavy atom. The highest BCUT2D eigenvalue weighted by Crippen LogP contribution is 2.44. The molecule has 0 bridgehead atoms. The molecule has 36 heavy (non-hydrogen) atoms. The van der Waals surface area contributed by atoms with Crippen LogP contribution < -0.4 is 4.90 Å². The second kappa shape index (κ2) is 13.2. The molecule has 194 valence electrons. The van der Waals surface area contributed by atoms with E-state index in [0.29, 0.717) is 37.7 Å². The molecule has 0 saturated carbocycles. The van der Waals surface area contributed by atoms with Crippen LogP contribution >= 0.6 is 0 Å². The van der Waals surface area contributed by atoms with Crippen molar-refractivity contribution in [2.45, 2.75) is 45.9 Å². The average molecular weight is 499 g/mol. The van der Waals surface area contributed by atoms with Crippen molar-refractivity contribution in [2.75, 3.05) is 45.0 Å². The third-order valence-electron chi connectivity index (χ3n) is 6.24. The van der Waals surface area contributed by atoms with Crippen molar-refractivity contribution in [3.8, 4) is 12.3 Å². The Morgan fingerprint density at radius 1 is 1.14 bits per heavy atom. The highest BCUT2D eigenvalue weighted by molar-refractivity contribution is 5.96. The molecule has 0 spiro atoms. The molecule has 1 aromatic carbocycles. The summed E-state index contributed by atoms with van der Waals surface area (Å²) in [6, 6.07) is 5.02. The number of rotatable bonds is 12. The summed E-state index contributed by atoms with van der Waals surface area (Å²) in [5.74, 6) is 1.93. The number of aromatic nitrogens is 3. The number of terminal acetylenes is 1. The van der Waals surface area contributed by atoms with Crippen LogP contribution in [0.4, 0.5) is 5.69 Å². The van der Waals surface area contributed by atoms with Crippen LogP contribution in [0.15, 0.2) is 24.4 Å². The minimum absolute atomic E-state index is 0.0138. The van der Waals surface area contributed by atoms with Crippen LogP contribution in [0.25, 0.3) is 0 Å². The Bertz CT molecular complexity index is 1080. The highest BCUT2D eigenvalue weighted by atomic mass is 16.5. The van der Waals surface area contributed by atoms with Crippen molar-refractivity contribution >= 4 is 17.6 Å². The van der Waals surface area contributed by atoms with Gasteiger partial charge in [0, 0.05) is 30.1 Å². The zero-order valence-electron chi connectivity index (χ0n) is 21.3. The molecule has 0 radical (unpaired) electrons. The first kappa shape index (κ1) is 27.3. The molecule has 1 aliphatic heterocycles. The van der Waals surface area contributed by atoms with Crippen molar-refractivity contribution in [3.63, 3.8) is 0 Å². The lowest BCUT2D eigenvalue weighted by atomic mass is 9.80. The summed E-state index contributed by atoms with van der Waals surface area (Å²) in [6.45, 7) is 7.98. The molecule has 2 heterocycles. The van der Waals surface area contributed by atoms with Gasteiger partial charge in [0.2, 0.25) is 5.91 Å². The lowest BCUT2D eigenvalue weighted by molar-refractivity contribution is -0.117. The third-order valence-corrected chi connectivity index (χ3v) is 6.24. The average Bonchev–Trinajstić information content (AvgIpc) is 3.34. The smallest absolute Gasteiger partial charge is 0.337 e. The van der Waals surface area contributed by atoms with E-state index >= 15 is 0 Å². The lowest BCUT2D eigenvalue weighted by Gasteiger charge is -2.44. The van der Waals surface area contributed by atoms with E-state index in [9.17, 15) is 9.59 Å². The Labute approximate surface area is 211 Å². The van der Waals surface area contributed by atoms with Gasteiger partial charge in [0.15, 0.2) is 0 Å². The van der Waals surface area contributed by atoms with Crippen LogP contribution in [0.2, 0.25) is 0 Å². The number of methoxy groups -OCH3 is 1. The molecular formula is C26H34N4O6. The van der Waals surface area contributed by atoms with E-state index in [0.717, 1.165) is 17.7 Å². The van der Waals surface area contributed by atoms with Gasteiger partial charge in [0.05, 0.1) is 57.9 Å². The van der Waals surface area contributed by atoms with E-state index in [1.165, 1.54) is 7.11 Å². The maximum Gasteiger partial charge on any atom is 0.337 e. The second-order valence-electron chi connectivity index (χ2n) is 8.55. The number of hydrogen-bond acceptors (Lipinski definition) is 8. The van der Waals surface area contributed by atoms with Gasteiger partial charge in [-0.25, -0.2) is 9.48 Å². The van der Waals surface area contributed by atoms with Crippen LogP contribution in [0.3, 0.4) is 0 Å². The first-order valence-electron chi connectivity index (χ1n) is 12.0. The molecular weight excluding hydrogens is 464 g/mol. The minimum atomic E-state index is -0.436. The summed E-state index contributed by atoms with van der Waals surface area (Å²) >= 11 is 0. The molecule has 3 rings (SSSR count). The van der Waals surface area contributed by atoms with Gasteiger partial charge in [-0.3, -0.25) is 4.79 Å². The van der Waals surface area contributed by atoms with E-state index in [1.807, 2.05) is 17.2 Å². The van der Waals surface area contributed by atoms with Crippen LogP contribution in [0, 0.1) is 18.3 Å². The Balaban J connectivity index is 1.75. The molecule has 1 aliphatic rings. The maximum atomic E-state index is 12.6. The fourth-order valence-electron chi connectivity index (χ4n) is 4.67. The standard InChI is InChI=1S/C26H34N4O6/c1-6-10-34-11-12-35-13-14-36-17-21-16-29(28-27-21)25-18(3)23(7-2)30(19(4)31)24-9-8-20(15-22(24)25)26(32)33-5/h1,8-9,15-16,18,23,25H,7,10-14,17H2,2-5H3/t18-,23+,25+/m1/s1. The number of benzene rings is 1. The van der Waals surface area contributed by atoms with Crippen molar-refractivity contribution in [2.24, 2.45) is 5.92 Å². The maximum absolute atomic E-state index is 12.6. The normalized spacial score (nSPS) is 19.0. The number of fused-ring (bicyclic) bond motifs is 1. The molecule has 0 N–H and O–H groups in total. The third kappa shape index (κ3) is 6.29. The van der Waals surface area contributed by atoms with Crippen LogP contribution in [-0.2, 0) is 30.3 Å². The number of hydrogen-bond donors (Lipinski definition) is 0. The Kier molecular flexibility index (Phi) is 9.99. The van der Waals surface area contributed by atoms with E-state index in [1.54, 1.807) is 23.7 Å². The van der Waals surface area contributed by atoms with E-state index in [2.05, 4.69) is 30.1 Å². The molecule has 1 amide bonds. The molecule has 0 fully saturated rings. The fourth-order valence-corrected chi connectivity index (χ4v) is 4.67. The summed E-state index contributed by atoms with van der Waals surface area (Å²) in [5, 5.41) is 8.66. The number of carbonyl (C=O) groups excluding carboxylic acids is 2. The number of carbonyl (C=O) groups is 2. The number of amides is 1. The van der Waals surface area contributed by atoms with Gasteiger partial charge in [0.1, 0.15) is 12.3 Å². The molecule has 0 saturated heterocycles. The van der Waals surface area contributed by atoms with Gasteiger partial charge < -0.3 is 23.8 Å². The van der Waals surface area contributed by atoms with Crippen LogP contribution in [-0.4, -0.2) is 73.1 Å². The predicted octanol–water partition coefficient (Wildman–Crippen LogP) is 2.62. The topological polar surface area (TPSA) is 105 Å². The Morgan fingerprint density at radius 3 is 2.53 bits per heavy atom. The van der Waals surface area contributed by atoms with E-state index in [4.69, 9.17) is 25.4 Å². The summed E-state index contributed by atoms with van der Waals surface area (Å²) < 4.78 is 23.0. The van der Waals surface area contributed by atoms with Gasteiger partial charge >= 0.3 is 5.97 Å². The first-order valence-corrected chi connectivity index (χ1v) is 12.0. The highest BCUT2D eigenvalue weighted by Gasteiger charge is 2.41. The molecule has 2 aromatic rings. The van der Waals surface area contributed by atoms with Gasteiger partial charge in [-0.2, -0.15) is 0 Å². The zero-order valence-corrected chi connectivity index (χ0v) is 21.3. The van der Waals surface area contributed by atoms with Crippen molar-refractivity contribution in [1.29, 1.82) is 0 Å². The zero-order chi connectivity index (χ0) is 26.1. The monoisotopic (exact) mass is 498 g/mol. The molecule has 0 unspecified atom stereocenters. The van der Waals surface area contributed by atoms with Gasteiger partial charge in [-0.15, -0.1) is 11.5 Å². The number of esters is 1. The molecule has 1 aromatic heterocycles. The SMILES string of the molecule is C#CCOCCOCCOCc1cn([C@@H]2c3cc(C(=O)OC)ccc3N(C(C)=O)[C@@H](CC)[C@H]2C)nn1. The minimum Gasteiger partial charge on any atom is -0.465 e. The van der Waals surface area contributed by atoms with Gasteiger partial charge in [-0.1, -0.05) is 25.0 Å². The lowest BCUT2D eigenvalue weighted by Crippen LogP contribution is -2.49. The number of nitrogens with zero attached hydrogens (tertiary/aromatic N) is 4. The van der Waals surface area contributed by atoms with Crippen molar-refractivity contribution in [3.05, 3.63) is 41.2 Å². The number of ether oxygens (including phenoxy) is 4. The fraction of sp³-hybridized carbons (Fsp3) is 0.538. The van der Waals surface area contributed by atoms with Crippen molar-refractivity contribution in [1.82, 2.24) is 15.0 Å². The summed E-state index contributed by atoms with van der Waals surface area (Å²) in [5.41, 5.74) is 2.68. The quantitative estimate of drug-likeness (QED) is 0.250. The predicted molar refractivity (Wildman–Crippen MR) is 132 cm³/mol. The molecule has 3 atom stereocenters. The molecule has 0 aliphatic carbocycles. The Hall–Kier alpha value is -3.26. The first-order chi connectivity index (χ1) is 17.4. The van der Waals surface area contributed by atoms with Gasteiger partial charge in [-0.05, 0) is 24.6 Å². The van der Waals surface area contributed by atoms with E-state index in [-0.39, 0.29) is 37.1 Å². The number of anilines is 1. The van der Waals surface area contributed by atoms with E-state index < -0.39 is 5.97 Å². The molecule has 10 nitrogen and oxygen atoms in total. The van der Waals surface area contributed by atoms with Crippen LogP contribution in [0.1, 0.15) is 54.8 Å². The van der Waals surface area contributed by atoms with Crippen molar-refractivity contribution < 1.29 is 28.5 Å². The second-order valence-corrected chi connectivity index (χ2v) is 8.55.